The van der Waals surface area contributed by atoms with Crippen molar-refractivity contribution < 1.29 is 19.1 Å². The second-order valence-corrected chi connectivity index (χ2v) is 9.71. The van der Waals surface area contributed by atoms with Crippen LogP contribution in [0, 0.1) is 10.8 Å². The van der Waals surface area contributed by atoms with E-state index in [1.807, 2.05) is 0 Å². The Hall–Kier alpha value is -2.30. The van der Waals surface area contributed by atoms with Crippen LogP contribution in [0.4, 0.5) is 0 Å². The fourth-order valence-electron chi connectivity index (χ4n) is 2.23. The third-order valence-corrected chi connectivity index (χ3v) is 4.72. The van der Waals surface area contributed by atoms with Crippen molar-refractivity contribution in [3.05, 3.63) is 69.7 Å². The van der Waals surface area contributed by atoms with Gasteiger partial charge < -0.3 is 9.47 Å². The Labute approximate surface area is 187 Å². The predicted molar refractivity (Wildman–Crippen MR) is 121 cm³/mol. The summed E-state index contributed by atoms with van der Waals surface area (Å²) in [6.45, 7) is 10.4. The summed E-state index contributed by atoms with van der Waals surface area (Å²) in [6.07, 6.45) is 0. The zero-order valence-electron chi connectivity index (χ0n) is 18.0. The Morgan fingerprint density at radius 1 is 0.633 bits per heavy atom. The lowest BCUT2D eigenvalue weighted by Crippen LogP contribution is -2.25. The lowest BCUT2D eigenvalue weighted by molar-refractivity contribution is -0.147. The van der Waals surface area contributed by atoms with Gasteiger partial charge in [-0.2, -0.15) is 0 Å². The summed E-state index contributed by atoms with van der Waals surface area (Å²) in [7, 11) is 0. The molecule has 0 fully saturated rings. The predicted octanol–water partition coefficient (Wildman–Crippen LogP) is 7.00. The van der Waals surface area contributed by atoms with Crippen molar-refractivity contribution in [2.45, 2.75) is 41.5 Å². The van der Waals surface area contributed by atoms with E-state index in [4.69, 9.17) is 32.7 Å². The molecule has 0 saturated heterocycles. The maximum atomic E-state index is 12.8. The summed E-state index contributed by atoms with van der Waals surface area (Å²) in [5.74, 6) is -0.944. The SMILES string of the molecule is CC(C)(C)C(=O)O/C(=C(/OC(=O)C(C)(C)C)c1ccccc1Cl)c1ccccc1Cl. The van der Waals surface area contributed by atoms with E-state index in [9.17, 15) is 9.59 Å². The molecule has 6 heteroatoms. The summed E-state index contributed by atoms with van der Waals surface area (Å²) < 4.78 is 11.6. The molecule has 2 aromatic carbocycles. The molecule has 0 saturated carbocycles. The molecule has 0 N–H and O–H groups in total. The largest absolute Gasteiger partial charge is 0.421 e. The first-order chi connectivity index (χ1) is 13.8. The molecule has 2 aromatic rings. The van der Waals surface area contributed by atoms with Crippen LogP contribution in [0.2, 0.25) is 10.0 Å². The minimum atomic E-state index is -0.799. The topological polar surface area (TPSA) is 52.6 Å². The van der Waals surface area contributed by atoms with Gasteiger partial charge in [-0.25, -0.2) is 0 Å². The summed E-state index contributed by atoms with van der Waals surface area (Å²) >= 11 is 12.8. The number of carbonyl (C=O) groups is 2. The maximum Gasteiger partial charge on any atom is 0.316 e. The number of carbonyl (C=O) groups excluding carboxylic acids is 2. The second-order valence-electron chi connectivity index (χ2n) is 8.90. The van der Waals surface area contributed by atoms with Gasteiger partial charge in [0.25, 0.3) is 0 Å². The van der Waals surface area contributed by atoms with Gasteiger partial charge in [-0.3, -0.25) is 9.59 Å². The van der Waals surface area contributed by atoms with Gasteiger partial charge in [-0.1, -0.05) is 47.5 Å². The third kappa shape index (κ3) is 5.87. The normalized spacial score (nSPS) is 12.8. The quantitative estimate of drug-likeness (QED) is 0.287. The lowest BCUT2D eigenvalue weighted by atomic mass is 9.96. The van der Waals surface area contributed by atoms with Crippen LogP contribution in [0.5, 0.6) is 0 Å². The Bertz CT molecular complexity index is 900. The number of esters is 2. The van der Waals surface area contributed by atoms with Crippen molar-refractivity contribution >= 4 is 46.7 Å². The number of benzene rings is 2. The minimum absolute atomic E-state index is 0.0335. The van der Waals surface area contributed by atoms with E-state index in [0.717, 1.165) is 0 Å². The molecule has 0 bridgehead atoms. The molecule has 0 atom stereocenters. The van der Waals surface area contributed by atoms with Gasteiger partial charge in [-0.15, -0.1) is 0 Å². The number of ether oxygens (including phenoxy) is 2. The fraction of sp³-hybridized carbons (Fsp3) is 0.333. The van der Waals surface area contributed by atoms with E-state index in [-0.39, 0.29) is 11.5 Å². The summed E-state index contributed by atoms with van der Waals surface area (Å²) in [5, 5.41) is 0.677. The molecule has 0 amide bonds. The van der Waals surface area contributed by atoms with Gasteiger partial charge >= 0.3 is 11.9 Å². The highest BCUT2D eigenvalue weighted by atomic mass is 35.5. The molecule has 160 valence electrons. The van der Waals surface area contributed by atoms with Crippen molar-refractivity contribution in [2.75, 3.05) is 0 Å². The molecular formula is C24H26Cl2O4. The fourth-order valence-corrected chi connectivity index (χ4v) is 2.67. The molecule has 2 rings (SSSR count). The lowest BCUT2D eigenvalue weighted by Gasteiger charge is -2.23. The molecular weight excluding hydrogens is 423 g/mol. The highest BCUT2D eigenvalue weighted by molar-refractivity contribution is 6.33. The number of halogens is 2. The van der Waals surface area contributed by atoms with Gasteiger partial charge in [-0.05, 0) is 65.8 Å². The zero-order valence-corrected chi connectivity index (χ0v) is 19.5. The van der Waals surface area contributed by atoms with E-state index in [2.05, 4.69) is 0 Å². The monoisotopic (exact) mass is 448 g/mol. The molecule has 0 aliphatic carbocycles. The minimum Gasteiger partial charge on any atom is -0.421 e. The van der Waals surface area contributed by atoms with Crippen LogP contribution >= 0.6 is 23.2 Å². The van der Waals surface area contributed by atoms with Crippen LogP contribution in [-0.2, 0) is 19.1 Å². The van der Waals surface area contributed by atoms with Crippen LogP contribution < -0.4 is 0 Å². The van der Waals surface area contributed by atoms with E-state index in [1.54, 1.807) is 90.1 Å². The van der Waals surface area contributed by atoms with Crippen LogP contribution in [0.25, 0.3) is 11.5 Å². The van der Waals surface area contributed by atoms with Crippen LogP contribution in [-0.4, -0.2) is 11.9 Å². The summed E-state index contributed by atoms with van der Waals surface area (Å²) in [6, 6.07) is 13.7. The van der Waals surface area contributed by atoms with E-state index >= 15 is 0 Å². The smallest absolute Gasteiger partial charge is 0.316 e. The van der Waals surface area contributed by atoms with Gasteiger partial charge in [0.05, 0.1) is 20.9 Å². The number of rotatable bonds is 4. The zero-order chi connectivity index (χ0) is 22.7. The van der Waals surface area contributed by atoms with Crippen molar-refractivity contribution in [3.63, 3.8) is 0 Å². The molecule has 30 heavy (non-hydrogen) atoms. The molecule has 0 heterocycles. The number of hydrogen-bond donors (Lipinski definition) is 0. The average molecular weight is 449 g/mol. The van der Waals surface area contributed by atoms with Crippen molar-refractivity contribution in [1.29, 1.82) is 0 Å². The Kier molecular flexibility index (Phi) is 7.38. The van der Waals surface area contributed by atoms with Gasteiger partial charge in [0.2, 0.25) is 0 Å². The van der Waals surface area contributed by atoms with Crippen LogP contribution in [0.1, 0.15) is 52.7 Å². The molecule has 4 nitrogen and oxygen atoms in total. The Morgan fingerprint density at radius 3 is 1.20 bits per heavy atom. The van der Waals surface area contributed by atoms with E-state index < -0.39 is 22.8 Å². The third-order valence-electron chi connectivity index (χ3n) is 4.06. The molecule has 0 aliphatic rings. The first kappa shape index (κ1) is 24.0. The molecule has 0 unspecified atom stereocenters. The standard InChI is InChI=1S/C24H26Cl2O4/c1-23(2,3)21(27)29-19(15-11-7-9-13-17(15)25)20(30-22(28)24(4,5)6)16-12-8-10-14-18(16)26/h7-14H,1-6H3/b20-19+. The Morgan fingerprint density at radius 2 is 0.933 bits per heavy atom. The van der Waals surface area contributed by atoms with E-state index in [0.29, 0.717) is 21.2 Å². The van der Waals surface area contributed by atoms with Gasteiger partial charge in [0, 0.05) is 11.1 Å². The maximum absolute atomic E-state index is 12.8. The molecule has 0 aliphatic heterocycles. The number of hydrogen-bond acceptors (Lipinski definition) is 4. The summed E-state index contributed by atoms with van der Waals surface area (Å²) in [5.41, 5.74) is -0.778. The molecule has 0 radical (unpaired) electrons. The van der Waals surface area contributed by atoms with Gasteiger partial charge in [0.1, 0.15) is 0 Å². The second kappa shape index (κ2) is 9.23. The highest BCUT2D eigenvalue weighted by Crippen LogP contribution is 2.37. The van der Waals surface area contributed by atoms with Crippen molar-refractivity contribution in [2.24, 2.45) is 10.8 Å². The first-order valence-corrected chi connectivity index (χ1v) is 10.3. The van der Waals surface area contributed by atoms with Crippen molar-refractivity contribution in [3.8, 4) is 0 Å². The average Bonchev–Trinajstić information content (AvgIpc) is 2.64. The summed E-state index contributed by atoms with van der Waals surface area (Å²) in [4.78, 5) is 25.6. The first-order valence-electron chi connectivity index (χ1n) is 9.51. The van der Waals surface area contributed by atoms with Crippen LogP contribution in [0.15, 0.2) is 48.5 Å². The van der Waals surface area contributed by atoms with Crippen molar-refractivity contribution in [1.82, 2.24) is 0 Å². The molecule has 0 spiro atoms. The Balaban J connectivity index is 2.83. The van der Waals surface area contributed by atoms with Gasteiger partial charge in [0.15, 0.2) is 11.5 Å². The van der Waals surface area contributed by atoms with Crippen LogP contribution in [0.3, 0.4) is 0 Å². The highest BCUT2D eigenvalue weighted by Gasteiger charge is 2.32. The molecule has 0 aromatic heterocycles. The van der Waals surface area contributed by atoms with E-state index in [1.165, 1.54) is 0 Å².